The Hall–Kier alpha value is -2.22. The molecule has 5 rings (SSSR count). The number of rotatable bonds is 2. The summed E-state index contributed by atoms with van der Waals surface area (Å²) in [7, 11) is 0. The van der Waals surface area contributed by atoms with Crippen LogP contribution in [0.5, 0.6) is 5.75 Å². The number of carbonyl (C=O) groups excluding carboxylic acids is 2. The fourth-order valence-corrected chi connectivity index (χ4v) is 5.83. The smallest absolute Gasteiger partial charge is 0.238 e. The van der Waals surface area contributed by atoms with Gasteiger partial charge in [-0.25, -0.2) is 0 Å². The third-order valence-corrected chi connectivity index (χ3v) is 7.40. The highest BCUT2D eigenvalue weighted by atomic mass is 79.9. The molecule has 2 aliphatic heterocycles. The molecule has 6 atom stereocenters. The minimum atomic E-state index is -1.52. The van der Waals surface area contributed by atoms with Gasteiger partial charge in [0.05, 0.1) is 23.6 Å². The van der Waals surface area contributed by atoms with Gasteiger partial charge in [-0.1, -0.05) is 41.1 Å². The van der Waals surface area contributed by atoms with Gasteiger partial charge < -0.3 is 14.9 Å². The summed E-state index contributed by atoms with van der Waals surface area (Å²) in [6.45, 7) is 1.86. The highest BCUT2D eigenvalue weighted by Gasteiger charge is 2.66. The van der Waals surface area contributed by atoms with Gasteiger partial charge >= 0.3 is 0 Å². The second-order valence-electron chi connectivity index (χ2n) is 8.52. The van der Waals surface area contributed by atoms with E-state index in [4.69, 9.17) is 4.74 Å². The summed E-state index contributed by atoms with van der Waals surface area (Å²) in [5, 5.41) is 21.8. The molecule has 3 aliphatic rings. The minimum absolute atomic E-state index is 0.0781. The summed E-state index contributed by atoms with van der Waals surface area (Å²) in [5.41, 5.74) is 1.12. The summed E-state index contributed by atoms with van der Waals surface area (Å²) in [4.78, 5) is 27.8. The average Bonchev–Trinajstić information content (AvgIpc) is 3.20. The highest BCUT2D eigenvalue weighted by Crippen LogP contribution is 2.59. The number of anilines is 1. The van der Waals surface area contributed by atoms with Crippen LogP contribution in [0, 0.1) is 23.7 Å². The number of carbonyl (C=O) groups is 2. The normalized spacial score (nSPS) is 35.4. The number of imide groups is 1. The number of phenols is 1. The van der Waals surface area contributed by atoms with Gasteiger partial charge in [0, 0.05) is 21.9 Å². The topological polar surface area (TPSA) is 87.1 Å². The van der Waals surface area contributed by atoms with Crippen molar-refractivity contribution in [1.82, 2.24) is 0 Å². The molecule has 0 aromatic heterocycles. The van der Waals surface area contributed by atoms with Crippen LogP contribution < -0.4 is 4.90 Å². The Morgan fingerprint density at radius 1 is 1.10 bits per heavy atom. The molecule has 2 aromatic carbocycles. The first-order valence-corrected chi connectivity index (χ1v) is 10.9. The zero-order chi connectivity index (χ0) is 21.2. The van der Waals surface area contributed by atoms with E-state index < -0.39 is 29.6 Å². The number of hydrogen-bond acceptors (Lipinski definition) is 5. The molecular weight excluding hydrogens is 450 g/mol. The lowest BCUT2D eigenvalue weighted by molar-refractivity contribution is -0.265. The Kier molecular flexibility index (Phi) is 4.54. The van der Waals surface area contributed by atoms with Crippen LogP contribution in [0.25, 0.3) is 0 Å². The van der Waals surface area contributed by atoms with Crippen molar-refractivity contribution in [2.24, 2.45) is 23.7 Å². The van der Waals surface area contributed by atoms with E-state index in [1.807, 2.05) is 13.0 Å². The number of amides is 2. The van der Waals surface area contributed by atoms with Crippen LogP contribution in [0.3, 0.4) is 0 Å². The minimum Gasteiger partial charge on any atom is -0.508 e. The Morgan fingerprint density at radius 2 is 1.83 bits per heavy atom. The molecule has 3 fully saturated rings. The van der Waals surface area contributed by atoms with Crippen molar-refractivity contribution in [3.05, 3.63) is 58.6 Å². The standard InChI is InChI=1S/C23H22BrNO5/c1-12-9-16-20(22(28)25(21(16)27)14-5-3-2-4-6-14)17-11-19(30-23(12,17)29)15-10-13(24)7-8-18(15)26/h2-8,10,12,16-17,19-20,26,29H,9,11H2,1H3/t12-,16-,17-,19-,20-,23+/m0/s1. The molecule has 1 aliphatic carbocycles. The van der Waals surface area contributed by atoms with Crippen molar-refractivity contribution in [3.8, 4) is 5.75 Å². The molecule has 0 bridgehead atoms. The van der Waals surface area contributed by atoms with Crippen LogP contribution in [0.15, 0.2) is 53.0 Å². The van der Waals surface area contributed by atoms with Gasteiger partial charge in [-0.2, -0.15) is 0 Å². The molecule has 2 N–H and O–H groups in total. The van der Waals surface area contributed by atoms with E-state index in [9.17, 15) is 19.8 Å². The predicted molar refractivity (Wildman–Crippen MR) is 112 cm³/mol. The van der Waals surface area contributed by atoms with Gasteiger partial charge in [0.2, 0.25) is 11.8 Å². The molecule has 7 heteroatoms. The number of benzene rings is 2. The van der Waals surface area contributed by atoms with E-state index in [0.717, 1.165) is 4.47 Å². The van der Waals surface area contributed by atoms with E-state index in [-0.39, 0.29) is 23.5 Å². The predicted octanol–water partition coefficient (Wildman–Crippen LogP) is 3.77. The number of nitrogens with zero attached hydrogens (tertiary/aromatic N) is 1. The highest BCUT2D eigenvalue weighted by molar-refractivity contribution is 9.10. The number of ether oxygens (including phenoxy) is 1. The zero-order valence-electron chi connectivity index (χ0n) is 16.4. The molecule has 6 nitrogen and oxygen atoms in total. The summed E-state index contributed by atoms with van der Waals surface area (Å²) < 4.78 is 6.90. The fraction of sp³-hybridized carbons (Fsp3) is 0.391. The van der Waals surface area contributed by atoms with E-state index >= 15 is 0 Å². The number of hydrogen-bond donors (Lipinski definition) is 2. The van der Waals surface area contributed by atoms with E-state index in [0.29, 0.717) is 24.1 Å². The number of halogens is 1. The van der Waals surface area contributed by atoms with E-state index in [2.05, 4.69) is 15.9 Å². The number of phenolic OH excluding ortho intramolecular Hbond substituents is 1. The van der Waals surface area contributed by atoms with Crippen molar-refractivity contribution in [2.45, 2.75) is 31.7 Å². The summed E-state index contributed by atoms with van der Waals surface area (Å²) in [6.07, 6.45) is 0.170. The Bertz CT molecular complexity index is 1030. The van der Waals surface area contributed by atoms with Gasteiger partial charge in [-0.3, -0.25) is 14.5 Å². The monoisotopic (exact) mass is 471 g/mol. The van der Waals surface area contributed by atoms with Gasteiger partial charge in [0.15, 0.2) is 5.79 Å². The first-order valence-electron chi connectivity index (χ1n) is 10.1. The maximum atomic E-state index is 13.4. The number of para-hydroxylation sites is 1. The molecule has 2 amide bonds. The molecule has 0 radical (unpaired) electrons. The maximum absolute atomic E-state index is 13.4. The van der Waals surface area contributed by atoms with Crippen LogP contribution in [0.4, 0.5) is 5.69 Å². The van der Waals surface area contributed by atoms with Crippen molar-refractivity contribution in [1.29, 1.82) is 0 Å². The van der Waals surface area contributed by atoms with E-state index in [1.54, 1.807) is 42.5 Å². The first kappa shape index (κ1) is 19.7. The molecule has 2 heterocycles. The van der Waals surface area contributed by atoms with Crippen molar-refractivity contribution in [3.63, 3.8) is 0 Å². The molecule has 1 saturated carbocycles. The third kappa shape index (κ3) is 2.76. The lowest BCUT2D eigenvalue weighted by Crippen LogP contribution is -2.52. The van der Waals surface area contributed by atoms with Crippen LogP contribution in [-0.4, -0.2) is 27.8 Å². The number of aliphatic hydroxyl groups is 1. The van der Waals surface area contributed by atoms with E-state index in [1.165, 1.54) is 4.90 Å². The van der Waals surface area contributed by atoms with Crippen LogP contribution in [-0.2, 0) is 14.3 Å². The molecular formula is C23H22BrNO5. The molecule has 2 aromatic rings. The summed E-state index contributed by atoms with van der Waals surface area (Å²) in [5.74, 6) is -3.91. The van der Waals surface area contributed by atoms with Crippen LogP contribution in [0.2, 0.25) is 0 Å². The van der Waals surface area contributed by atoms with Gasteiger partial charge in [-0.15, -0.1) is 0 Å². The van der Waals surface area contributed by atoms with Gasteiger partial charge in [-0.05, 0) is 43.2 Å². The van der Waals surface area contributed by atoms with Crippen molar-refractivity contribution < 1.29 is 24.5 Å². The quantitative estimate of drug-likeness (QED) is 0.650. The van der Waals surface area contributed by atoms with Gasteiger partial charge in [0.1, 0.15) is 5.75 Å². The second-order valence-corrected chi connectivity index (χ2v) is 9.44. The van der Waals surface area contributed by atoms with Gasteiger partial charge in [0.25, 0.3) is 0 Å². The molecule has 0 spiro atoms. The molecule has 156 valence electrons. The Balaban J connectivity index is 1.53. The molecule has 2 saturated heterocycles. The lowest BCUT2D eigenvalue weighted by Gasteiger charge is -2.43. The fourth-order valence-electron chi connectivity index (χ4n) is 5.45. The first-order chi connectivity index (χ1) is 14.3. The zero-order valence-corrected chi connectivity index (χ0v) is 18.0. The summed E-state index contributed by atoms with van der Waals surface area (Å²) >= 11 is 3.41. The van der Waals surface area contributed by atoms with Crippen molar-refractivity contribution >= 4 is 33.4 Å². The van der Waals surface area contributed by atoms with Crippen LogP contribution in [0.1, 0.15) is 31.4 Å². The third-order valence-electron chi connectivity index (χ3n) is 6.90. The Labute approximate surface area is 182 Å². The summed E-state index contributed by atoms with van der Waals surface area (Å²) in [6, 6.07) is 14.0. The number of aromatic hydroxyl groups is 1. The Morgan fingerprint density at radius 3 is 2.57 bits per heavy atom. The largest absolute Gasteiger partial charge is 0.508 e. The molecule has 0 unspecified atom stereocenters. The SMILES string of the molecule is C[C@H]1C[C@@H]2C(=O)N(c3ccccc3)C(=O)[C@@H]2[C@@H]2C[C@@H](c3cc(Br)ccc3O)O[C@]12O. The average molecular weight is 472 g/mol. The maximum Gasteiger partial charge on any atom is 0.238 e. The van der Waals surface area contributed by atoms with Crippen molar-refractivity contribution in [2.75, 3.05) is 4.90 Å². The second kappa shape index (κ2) is 6.90. The number of fused-ring (bicyclic) bond motifs is 3. The lowest BCUT2D eigenvalue weighted by atomic mass is 9.65. The van der Waals surface area contributed by atoms with Crippen LogP contribution >= 0.6 is 15.9 Å². The molecule has 30 heavy (non-hydrogen) atoms.